The Balaban J connectivity index is 1.22. The molecule has 0 radical (unpaired) electrons. The Hall–Kier alpha value is -1.37. The quantitative estimate of drug-likeness (QED) is 0.596. The van der Waals surface area contributed by atoms with Crippen molar-refractivity contribution in [3.05, 3.63) is 28.9 Å². The second-order valence-corrected chi connectivity index (χ2v) is 11.8. The lowest BCUT2D eigenvalue weighted by atomic mass is 9.49. The zero-order valence-corrected chi connectivity index (χ0v) is 19.5. The van der Waals surface area contributed by atoms with Crippen LogP contribution in [0.1, 0.15) is 51.4 Å². The van der Waals surface area contributed by atoms with E-state index in [0.29, 0.717) is 32.6 Å². The maximum atomic E-state index is 13.2. The Morgan fingerprint density at radius 2 is 1.84 bits per heavy atom. The number of fused-ring (bicyclic) bond motifs is 1. The van der Waals surface area contributed by atoms with Crippen LogP contribution in [0.3, 0.4) is 0 Å². The van der Waals surface area contributed by atoms with E-state index >= 15 is 0 Å². The lowest BCUT2D eigenvalue weighted by molar-refractivity contribution is -0.182. The molecule has 1 aliphatic heterocycles. The summed E-state index contributed by atoms with van der Waals surface area (Å²) < 4.78 is 8.32. The van der Waals surface area contributed by atoms with Crippen molar-refractivity contribution in [2.75, 3.05) is 18.5 Å². The minimum atomic E-state index is -0.718. The molecule has 2 heterocycles. The van der Waals surface area contributed by atoms with Crippen LogP contribution in [0.2, 0.25) is 0 Å². The molecule has 1 saturated heterocycles. The van der Waals surface area contributed by atoms with Crippen molar-refractivity contribution in [2.45, 2.75) is 63.5 Å². The van der Waals surface area contributed by atoms with Crippen molar-refractivity contribution in [1.82, 2.24) is 4.57 Å². The van der Waals surface area contributed by atoms with Crippen LogP contribution in [0.4, 0.5) is 5.69 Å². The first-order valence-corrected chi connectivity index (χ1v) is 12.6. The summed E-state index contributed by atoms with van der Waals surface area (Å²) in [4.78, 5) is 13.2. The summed E-state index contributed by atoms with van der Waals surface area (Å²) in [5.41, 5.74) is 1.46. The van der Waals surface area contributed by atoms with Crippen molar-refractivity contribution in [3.8, 4) is 0 Å². The van der Waals surface area contributed by atoms with E-state index in [-0.39, 0.29) is 11.3 Å². The molecular weight excluding hydrogens is 456 g/mol. The van der Waals surface area contributed by atoms with E-state index in [4.69, 9.17) is 4.74 Å². The molecule has 4 bridgehead atoms. The minimum Gasteiger partial charge on any atom is -0.385 e. The number of halogens is 1. The predicted molar refractivity (Wildman–Crippen MR) is 124 cm³/mol. The van der Waals surface area contributed by atoms with E-state index in [1.165, 1.54) is 38.5 Å². The van der Waals surface area contributed by atoms with Gasteiger partial charge in [-0.25, -0.2) is 0 Å². The van der Waals surface area contributed by atoms with Crippen LogP contribution in [0, 0.1) is 23.2 Å². The van der Waals surface area contributed by atoms with E-state index in [2.05, 4.69) is 31.9 Å². The van der Waals surface area contributed by atoms with Gasteiger partial charge in [0, 0.05) is 29.0 Å². The van der Waals surface area contributed by atoms with Crippen molar-refractivity contribution >= 4 is 38.4 Å². The summed E-state index contributed by atoms with van der Waals surface area (Å²) in [7, 11) is 0. The van der Waals surface area contributed by atoms with Gasteiger partial charge in [-0.1, -0.05) is 22.0 Å². The van der Waals surface area contributed by atoms with Gasteiger partial charge in [-0.2, -0.15) is 0 Å². The number of carbonyl (C=O) groups excluding carboxylic acids is 1. The molecule has 166 valence electrons. The Morgan fingerprint density at radius 1 is 1.16 bits per heavy atom. The lowest BCUT2D eigenvalue weighted by Crippen LogP contribution is -2.50. The number of aromatic nitrogens is 1. The highest BCUT2D eigenvalue weighted by Crippen LogP contribution is 2.61. The number of benzene rings is 1. The number of amides is 1. The molecule has 1 aromatic heterocycles. The molecule has 7 rings (SSSR count). The molecule has 2 aromatic rings. The van der Waals surface area contributed by atoms with E-state index < -0.39 is 5.60 Å². The third-order valence-corrected chi connectivity index (χ3v) is 9.05. The number of hydrogen-bond donors (Lipinski definition) is 2. The largest absolute Gasteiger partial charge is 0.385 e. The number of nitrogens with zero attached hydrogens (tertiary/aromatic N) is 1. The van der Waals surface area contributed by atoms with Gasteiger partial charge in [-0.3, -0.25) is 4.79 Å². The summed E-state index contributed by atoms with van der Waals surface area (Å²) in [6.45, 7) is 1.51. The van der Waals surface area contributed by atoms with Gasteiger partial charge in [0.2, 0.25) is 5.91 Å². The van der Waals surface area contributed by atoms with Gasteiger partial charge in [-0.05, 0) is 80.2 Å². The number of aryl methyl sites for hydroxylation is 1. The first-order chi connectivity index (χ1) is 14.9. The molecule has 0 atom stereocenters. The van der Waals surface area contributed by atoms with Crippen LogP contribution in [0.5, 0.6) is 0 Å². The number of carbonyl (C=O) groups is 1. The van der Waals surface area contributed by atoms with Gasteiger partial charge in [0.15, 0.2) is 0 Å². The van der Waals surface area contributed by atoms with Crippen LogP contribution in [-0.2, 0) is 16.1 Å². The topological polar surface area (TPSA) is 63.5 Å². The summed E-state index contributed by atoms with van der Waals surface area (Å²) in [6, 6.07) is 6.12. The second kappa shape index (κ2) is 7.32. The molecule has 2 N–H and O–H groups in total. The van der Waals surface area contributed by atoms with E-state index in [0.717, 1.165) is 38.8 Å². The summed E-state index contributed by atoms with van der Waals surface area (Å²) in [5, 5.41) is 14.7. The molecule has 5 aliphatic rings. The molecule has 1 aromatic carbocycles. The number of aliphatic hydroxyl groups is 1. The number of anilines is 1. The molecule has 0 spiro atoms. The Kier molecular flexibility index (Phi) is 4.78. The molecule has 1 amide bonds. The summed E-state index contributed by atoms with van der Waals surface area (Å²) in [6.07, 6.45) is 11.3. The highest BCUT2D eigenvalue weighted by Gasteiger charge is 2.51. The van der Waals surface area contributed by atoms with Crippen molar-refractivity contribution in [3.63, 3.8) is 0 Å². The zero-order chi connectivity index (χ0) is 21.2. The van der Waals surface area contributed by atoms with Gasteiger partial charge >= 0.3 is 0 Å². The van der Waals surface area contributed by atoms with Crippen LogP contribution in [0.15, 0.2) is 28.9 Å². The van der Waals surface area contributed by atoms with E-state index in [1.807, 2.05) is 18.3 Å². The molecule has 6 heteroatoms. The number of rotatable bonds is 6. The maximum absolute atomic E-state index is 13.2. The SMILES string of the molecule is O=C(CC12CC3CC(CC(C3)C1)C2)Nc1cn(CCC2(O)COC2)c2cccc(Br)c12. The lowest BCUT2D eigenvalue weighted by Gasteiger charge is -2.56. The molecular formula is C25H31BrN2O3. The van der Waals surface area contributed by atoms with Gasteiger partial charge < -0.3 is 19.7 Å². The average molecular weight is 487 g/mol. The van der Waals surface area contributed by atoms with Gasteiger partial charge in [0.25, 0.3) is 0 Å². The Morgan fingerprint density at radius 3 is 2.45 bits per heavy atom. The monoisotopic (exact) mass is 486 g/mol. The van der Waals surface area contributed by atoms with Crippen molar-refractivity contribution < 1.29 is 14.6 Å². The normalized spacial score (nSPS) is 32.9. The first-order valence-electron chi connectivity index (χ1n) is 11.8. The fourth-order valence-electron chi connectivity index (χ4n) is 7.44. The van der Waals surface area contributed by atoms with Gasteiger partial charge in [0.1, 0.15) is 5.60 Å². The van der Waals surface area contributed by atoms with E-state index in [1.54, 1.807) is 0 Å². The highest BCUT2D eigenvalue weighted by atomic mass is 79.9. The zero-order valence-electron chi connectivity index (χ0n) is 17.9. The molecule has 4 aliphatic carbocycles. The molecule has 31 heavy (non-hydrogen) atoms. The predicted octanol–water partition coefficient (Wildman–Crippen LogP) is 5.10. The van der Waals surface area contributed by atoms with Crippen molar-refractivity contribution in [2.24, 2.45) is 23.2 Å². The number of hydrogen-bond acceptors (Lipinski definition) is 3. The standard InChI is InChI=1S/C25H31BrN2O3/c26-19-2-1-3-21-23(19)20(13-28(21)5-4-25(30)14-31-15-25)27-22(29)12-24-9-16-6-17(10-24)8-18(7-16)11-24/h1-3,13,16-18,30H,4-12,14-15H2,(H,27,29). The number of nitrogens with one attached hydrogen (secondary N) is 1. The maximum Gasteiger partial charge on any atom is 0.224 e. The van der Waals surface area contributed by atoms with Crippen LogP contribution in [0.25, 0.3) is 10.9 Å². The molecule has 0 unspecified atom stereocenters. The van der Waals surface area contributed by atoms with Crippen LogP contribution < -0.4 is 5.32 Å². The molecule has 5 nitrogen and oxygen atoms in total. The average Bonchev–Trinajstić information content (AvgIpc) is 3.02. The van der Waals surface area contributed by atoms with E-state index in [9.17, 15) is 9.90 Å². The summed E-state index contributed by atoms with van der Waals surface area (Å²) in [5.74, 6) is 2.73. The van der Waals surface area contributed by atoms with Gasteiger partial charge in [0.05, 0.1) is 24.4 Å². The molecule has 4 saturated carbocycles. The Bertz CT molecular complexity index is 990. The fraction of sp³-hybridized carbons (Fsp3) is 0.640. The van der Waals surface area contributed by atoms with Gasteiger partial charge in [-0.15, -0.1) is 0 Å². The Labute approximate surface area is 191 Å². The van der Waals surface area contributed by atoms with Crippen molar-refractivity contribution in [1.29, 1.82) is 0 Å². The number of ether oxygens (including phenoxy) is 1. The fourth-order valence-corrected chi connectivity index (χ4v) is 8.01. The summed E-state index contributed by atoms with van der Waals surface area (Å²) >= 11 is 3.69. The van der Waals surface area contributed by atoms with Crippen LogP contribution >= 0.6 is 15.9 Å². The smallest absolute Gasteiger partial charge is 0.224 e. The highest BCUT2D eigenvalue weighted by molar-refractivity contribution is 9.10. The first kappa shape index (κ1) is 20.3. The molecule has 5 fully saturated rings. The third kappa shape index (κ3) is 3.65. The van der Waals surface area contributed by atoms with Crippen LogP contribution in [-0.4, -0.2) is 34.4 Å². The second-order valence-electron chi connectivity index (χ2n) is 11.0. The minimum absolute atomic E-state index is 0.155. The third-order valence-electron chi connectivity index (χ3n) is 8.39.